The second-order valence-corrected chi connectivity index (χ2v) is 5.37. The summed E-state index contributed by atoms with van der Waals surface area (Å²) in [4.78, 5) is 9.80. The fourth-order valence-electron chi connectivity index (χ4n) is 1.67. The zero-order chi connectivity index (χ0) is 14.4. The summed E-state index contributed by atoms with van der Waals surface area (Å²) in [6.07, 6.45) is 2.24. The quantitative estimate of drug-likeness (QED) is 0.646. The summed E-state index contributed by atoms with van der Waals surface area (Å²) >= 11 is 0. The second kappa shape index (κ2) is 6.42. The molecule has 2 rings (SSSR count). The van der Waals surface area contributed by atoms with Crippen LogP contribution in [0.25, 0.3) is 0 Å². The minimum atomic E-state index is -4.22. The first-order chi connectivity index (χ1) is 9.61. The molecule has 2 aromatic rings. The highest BCUT2D eigenvalue weighted by atomic mass is 31.2. The topological polar surface area (TPSA) is 55.8 Å². The zero-order valence-electron chi connectivity index (χ0n) is 10.8. The van der Waals surface area contributed by atoms with Gasteiger partial charge in [-0.25, -0.2) is 4.57 Å². The molecule has 1 N–H and O–H groups in total. The lowest BCUT2D eigenvalue weighted by molar-refractivity contribution is 0.290. The summed E-state index contributed by atoms with van der Waals surface area (Å²) < 4.78 is 22.1. The van der Waals surface area contributed by atoms with Crippen molar-refractivity contribution in [3.63, 3.8) is 0 Å². The highest BCUT2D eigenvalue weighted by molar-refractivity contribution is 7.48. The first kappa shape index (κ1) is 14.4. The highest BCUT2D eigenvalue weighted by Crippen LogP contribution is 2.45. The molecular formula is C15H15O4P. The van der Waals surface area contributed by atoms with Gasteiger partial charge in [0, 0.05) is 0 Å². The summed E-state index contributed by atoms with van der Waals surface area (Å²) in [7, 11) is -4.22. The lowest BCUT2D eigenvalue weighted by atomic mass is 10.1. The van der Waals surface area contributed by atoms with Crippen molar-refractivity contribution in [3.05, 3.63) is 72.8 Å². The zero-order valence-corrected chi connectivity index (χ0v) is 11.7. The van der Waals surface area contributed by atoms with Crippen LogP contribution in [0.1, 0.15) is 5.56 Å². The molecule has 0 saturated carbocycles. The molecular weight excluding hydrogens is 275 g/mol. The lowest BCUT2D eigenvalue weighted by Gasteiger charge is -2.15. The Morgan fingerprint density at radius 2 is 1.70 bits per heavy atom. The molecule has 2 aromatic carbocycles. The Labute approximate surface area is 117 Å². The number of para-hydroxylation sites is 2. The Bertz CT molecular complexity index is 625. The molecule has 0 saturated heterocycles. The van der Waals surface area contributed by atoms with Gasteiger partial charge in [-0.2, -0.15) is 0 Å². The van der Waals surface area contributed by atoms with Gasteiger partial charge in [-0.15, -0.1) is 6.58 Å². The number of hydrogen-bond donors (Lipinski definition) is 1. The molecule has 0 aromatic heterocycles. The van der Waals surface area contributed by atoms with Gasteiger partial charge in [0.25, 0.3) is 0 Å². The molecule has 0 amide bonds. The average molecular weight is 290 g/mol. The lowest BCUT2D eigenvalue weighted by Crippen LogP contribution is -2.01. The fraction of sp³-hybridized carbons (Fsp3) is 0.0667. The summed E-state index contributed by atoms with van der Waals surface area (Å²) in [6.45, 7) is 3.64. The van der Waals surface area contributed by atoms with E-state index in [0.29, 0.717) is 12.2 Å². The van der Waals surface area contributed by atoms with Gasteiger partial charge in [0.05, 0.1) is 0 Å². The van der Waals surface area contributed by atoms with Crippen LogP contribution in [0.3, 0.4) is 0 Å². The molecule has 5 heteroatoms. The van der Waals surface area contributed by atoms with E-state index in [1.165, 1.54) is 0 Å². The van der Waals surface area contributed by atoms with Crippen molar-refractivity contribution in [2.24, 2.45) is 0 Å². The van der Waals surface area contributed by atoms with Crippen LogP contribution in [0.4, 0.5) is 0 Å². The fourth-order valence-corrected chi connectivity index (χ4v) is 2.53. The molecule has 0 aliphatic heterocycles. The predicted molar refractivity (Wildman–Crippen MR) is 77.9 cm³/mol. The number of phosphoric acid groups is 1. The van der Waals surface area contributed by atoms with Gasteiger partial charge < -0.3 is 9.05 Å². The van der Waals surface area contributed by atoms with Crippen LogP contribution in [0.2, 0.25) is 0 Å². The van der Waals surface area contributed by atoms with E-state index < -0.39 is 7.82 Å². The third-order valence-electron chi connectivity index (χ3n) is 2.51. The van der Waals surface area contributed by atoms with Crippen LogP contribution in [0, 0.1) is 0 Å². The van der Waals surface area contributed by atoms with Crippen LogP contribution in [0.15, 0.2) is 67.3 Å². The van der Waals surface area contributed by atoms with Crippen LogP contribution in [-0.2, 0) is 11.0 Å². The Balaban J connectivity index is 2.16. The third kappa shape index (κ3) is 3.98. The van der Waals surface area contributed by atoms with E-state index in [4.69, 9.17) is 9.05 Å². The molecule has 0 aliphatic rings. The van der Waals surface area contributed by atoms with Crippen LogP contribution >= 0.6 is 7.82 Å². The van der Waals surface area contributed by atoms with Gasteiger partial charge in [-0.05, 0) is 30.2 Å². The highest BCUT2D eigenvalue weighted by Gasteiger charge is 2.25. The van der Waals surface area contributed by atoms with Gasteiger partial charge in [0.2, 0.25) is 0 Å². The molecule has 0 fully saturated rings. The Morgan fingerprint density at radius 1 is 1.05 bits per heavy atom. The van der Waals surface area contributed by atoms with Crippen molar-refractivity contribution in [2.75, 3.05) is 0 Å². The van der Waals surface area contributed by atoms with Crippen molar-refractivity contribution in [3.8, 4) is 11.5 Å². The smallest absolute Gasteiger partial charge is 0.395 e. The molecule has 0 aliphatic carbocycles. The summed E-state index contributed by atoms with van der Waals surface area (Å²) in [6, 6.07) is 15.4. The third-order valence-corrected chi connectivity index (χ3v) is 3.38. The molecule has 1 unspecified atom stereocenters. The van der Waals surface area contributed by atoms with Gasteiger partial charge >= 0.3 is 7.82 Å². The van der Waals surface area contributed by atoms with Crippen molar-refractivity contribution < 1.29 is 18.5 Å². The van der Waals surface area contributed by atoms with Crippen molar-refractivity contribution in [1.29, 1.82) is 0 Å². The number of allylic oxidation sites excluding steroid dienone is 1. The van der Waals surface area contributed by atoms with Crippen LogP contribution < -0.4 is 9.05 Å². The van der Waals surface area contributed by atoms with Crippen molar-refractivity contribution in [2.45, 2.75) is 6.42 Å². The van der Waals surface area contributed by atoms with E-state index in [0.717, 1.165) is 5.56 Å². The Kier molecular flexibility index (Phi) is 4.61. The SMILES string of the molecule is C=CCc1ccccc1OP(=O)(O)Oc1ccccc1. The summed E-state index contributed by atoms with van der Waals surface area (Å²) in [5.41, 5.74) is 0.772. The summed E-state index contributed by atoms with van der Waals surface area (Å²) in [5, 5.41) is 0. The molecule has 1 atom stereocenters. The van der Waals surface area contributed by atoms with Crippen molar-refractivity contribution in [1.82, 2.24) is 0 Å². The minimum absolute atomic E-state index is 0.277. The predicted octanol–water partition coefficient (Wildman–Crippen LogP) is 3.97. The molecule has 0 radical (unpaired) electrons. The maximum Gasteiger partial charge on any atom is 0.584 e. The minimum Gasteiger partial charge on any atom is -0.395 e. The molecule has 0 bridgehead atoms. The normalized spacial score (nSPS) is 13.2. The first-order valence-corrected chi connectivity index (χ1v) is 7.56. The van der Waals surface area contributed by atoms with E-state index >= 15 is 0 Å². The van der Waals surface area contributed by atoms with E-state index in [1.54, 1.807) is 54.6 Å². The standard InChI is InChI=1S/C15H15O4P/c1-2-8-13-9-6-7-12-15(13)19-20(16,17)18-14-10-4-3-5-11-14/h2-7,9-12H,1,8H2,(H,16,17). The number of phosphoric ester groups is 1. The molecule has 4 nitrogen and oxygen atoms in total. The van der Waals surface area contributed by atoms with Gasteiger partial charge in [0.1, 0.15) is 11.5 Å². The molecule has 20 heavy (non-hydrogen) atoms. The number of rotatable bonds is 6. The maximum atomic E-state index is 12.0. The van der Waals surface area contributed by atoms with E-state index in [1.807, 2.05) is 6.07 Å². The largest absolute Gasteiger partial charge is 0.584 e. The van der Waals surface area contributed by atoms with E-state index in [-0.39, 0.29) is 5.75 Å². The summed E-state index contributed by atoms with van der Waals surface area (Å²) in [5.74, 6) is 0.591. The number of hydrogen-bond acceptors (Lipinski definition) is 3. The molecule has 104 valence electrons. The number of benzene rings is 2. The van der Waals surface area contributed by atoms with E-state index in [2.05, 4.69) is 6.58 Å². The van der Waals surface area contributed by atoms with Gasteiger partial charge in [0.15, 0.2) is 0 Å². The monoisotopic (exact) mass is 290 g/mol. The van der Waals surface area contributed by atoms with E-state index in [9.17, 15) is 9.46 Å². The Morgan fingerprint density at radius 3 is 2.40 bits per heavy atom. The van der Waals surface area contributed by atoms with Gasteiger partial charge in [-0.3, -0.25) is 4.89 Å². The average Bonchev–Trinajstić information content (AvgIpc) is 2.41. The first-order valence-electron chi connectivity index (χ1n) is 6.06. The second-order valence-electron chi connectivity index (χ2n) is 4.06. The van der Waals surface area contributed by atoms with Crippen LogP contribution in [0.5, 0.6) is 11.5 Å². The van der Waals surface area contributed by atoms with Gasteiger partial charge in [-0.1, -0.05) is 42.5 Å². The van der Waals surface area contributed by atoms with Crippen molar-refractivity contribution >= 4 is 7.82 Å². The Hall–Kier alpha value is -2.03. The van der Waals surface area contributed by atoms with Crippen LogP contribution in [-0.4, -0.2) is 4.89 Å². The maximum absolute atomic E-state index is 12.0. The molecule has 0 spiro atoms. The molecule has 0 heterocycles.